The molecule has 1 aromatic heterocycles. The van der Waals surface area contributed by atoms with Crippen molar-refractivity contribution in [3.05, 3.63) is 77.5 Å². The molecule has 37 heavy (non-hydrogen) atoms. The third-order valence-electron chi connectivity index (χ3n) is 8.06. The highest BCUT2D eigenvalue weighted by Crippen LogP contribution is 2.49. The molecule has 0 spiro atoms. The van der Waals surface area contributed by atoms with E-state index in [0.29, 0.717) is 19.6 Å². The van der Waals surface area contributed by atoms with Gasteiger partial charge in [0.05, 0.1) is 6.61 Å². The molecule has 3 aromatic rings. The summed E-state index contributed by atoms with van der Waals surface area (Å²) in [7, 11) is 0. The van der Waals surface area contributed by atoms with Crippen LogP contribution in [0.4, 0.5) is 4.79 Å². The van der Waals surface area contributed by atoms with Crippen LogP contribution < -0.4 is 4.74 Å². The van der Waals surface area contributed by atoms with Crippen molar-refractivity contribution in [1.82, 2.24) is 19.7 Å². The topological polar surface area (TPSA) is 68.9 Å². The Hall–Kier alpha value is -3.58. The summed E-state index contributed by atoms with van der Waals surface area (Å²) < 4.78 is 5.79. The summed E-state index contributed by atoms with van der Waals surface area (Å²) >= 11 is 0. The van der Waals surface area contributed by atoms with Crippen molar-refractivity contribution in [2.24, 2.45) is 0 Å². The van der Waals surface area contributed by atoms with Crippen LogP contribution in [-0.4, -0.2) is 69.9 Å². The van der Waals surface area contributed by atoms with Crippen LogP contribution in [-0.2, 0) is 11.2 Å². The first-order valence-electron chi connectivity index (χ1n) is 13.4. The third kappa shape index (κ3) is 3.93. The number of aromatic nitrogens is 1. The number of aromatic amines is 1. The molecule has 6 rings (SSSR count). The van der Waals surface area contributed by atoms with Gasteiger partial charge in [0.15, 0.2) is 0 Å². The van der Waals surface area contributed by atoms with Crippen molar-refractivity contribution >= 4 is 22.8 Å². The number of hydrogen-bond acceptors (Lipinski definition) is 4. The lowest BCUT2D eigenvalue weighted by Gasteiger charge is -2.42. The van der Waals surface area contributed by atoms with Crippen molar-refractivity contribution in [1.29, 1.82) is 0 Å². The summed E-state index contributed by atoms with van der Waals surface area (Å²) in [6.07, 6.45) is 6.71. The van der Waals surface area contributed by atoms with Gasteiger partial charge in [-0.05, 0) is 56.0 Å². The van der Waals surface area contributed by atoms with Crippen molar-refractivity contribution in [2.45, 2.75) is 44.7 Å². The first-order valence-corrected chi connectivity index (χ1v) is 13.4. The van der Waals surface area contributed by atoms with Crippen LogP contribution in [0.2, 0.25) is 0 Å². The maximum Gasteiger partial charge on any atom is 0.328 e. The van der Waals surface area contributed by atoms with E-state index in [-0.39, 0.29) is 18.0 Å². The molecule has 1 N–H and O–H groups in total. The zero-order chi connectivity index (χ0) is 25.6. The third-order valence-corrected chi connectivity index (χ3v) is 8.06. The van der Waals surface area contributed by atoms with Gasteiger partial charge in [-0.3, -0.25) is 19.5 Å². The van der Waals surface area contributed by atoms with Crippen molar-refractivity contribution in [3.63, 3.8) is 0 Å². The minimum absolute atomic E-state index is 0.0991. The lowest BCUT2D eigenvalue weighted by molar-refractivity contribution is -0.133. The first kappa shape index (κ1) is 23.8. The highest BCUT2D eigenvalue weighted by atomic mass is 16.5. The summed E-state index contributed by atoms with van der Waals surface area (Å²) in [6.45, 7) is 7.79. The quantitative estimate of drug-likeness (QED) is 0.372. The van der Waals surface area contributed by atoms with Crippen molar-refractivity contribution in [3.8, 4) is 5.75 Å². The molecule has 1 saturated heterocycles. The molecule has 0 saturated carbocycles. The highest BCUT2D eigenvalue weighted by molar-refractivity contribution is 6.08. The van der Waals surface area contributed by atoms with E-state index < -0.39 is 5.54 Å². The Bertz CT molecular complexity index is 1360. The second-order valence-corrected chi connectivity index (χ2v) is 10.4. The van der Waals surface area contributed by atoms with Gasteiger partial charge in [0.2, 0.25) is 0 Å². The molecule has 3 aliphatic heterocycles. The number of nitrogens with one attached hydrogen (secondary N) is 1. The molecule has 192 valence electrons. The number of ether oxygens (including phenoxy) is 1. The fourth-order valence-corrected chi connectivity index (χ4v) is 6.27. The maximum absolute atomic E-state index is 14.0. The van der Waals surface area contributed by atoms with E-state index in [0.717, 1.165) is 65.9 Å². The van der Waals surface area contributed by atoms with E-state index in [1.807, 2.05) is 61.2 Å². The van der Waals surface area contributed by atoms with Gasteiger partial charge in [0.1, 0.15) is 17.3 Å². The number of H-pyrrole nitrogens is 1. The molecule has 4 heterocycles. The zero-order valence-electron chi connectivity index (χ0n) is 21.6. The molecule has 1 fully saturated rings. The Balaban J connectivity index is 1.38. The minimum atomic E-state index is -0.949. The second kappa shape index (κ2) is 9.38. The Morgan fingerprint density at radius 2 is 1.92 bits per heavy atom. The number of nitrogens with zero attached hydrogens (tertiary/aromatic N) is 3. The molecule has 2 aromatic carbocycles. The number of carbonyl (C=O) groups is 2. The van der Waals surface area contributed by atoms with Crippen LogP contribution in [0.25, 0.3) is 10.9 Å². The van der Waals surface area contributed by atoms with E-state index in [1.165, 1.54) is 4.90 Å². The van der Waals surface area contributed by atoms with Gasteiger partial charge in [-0.25, -0.2) is 4.79 Å². The Labute approximate surface area is 217 Å². The number of urea groups is 1. The van der Waals surface area contributed by atoms with Crippen molar-refractivity contribution in [2.75, 3.05) is 32.8 Å². The standard InChI is InChI=1S/C30H34N4O3/c1-3-37-22-13-14-25-23(19-22)24-20-30(2)28(35)33(18-10-17-32-15-8-5-9-16-32)29(36)34(30)27(26(24)31-25)21-11-6-4-7-12-21/h4-8,11-14,19,27,31H,3,9-10,15-18,20H2,1-2H3/t27-,30+/m1/s1. The minimum Gasteiger partial charge on any atom is -0.494 e. The second-order valence-electron chi connectivity index (χ2n) is 10.4. The lowest BCUT2D eigenvalue weighted by atomic mass is 9.81. The molecule has 0 aliphatic carbocycles. The van der Waals surface area contributed by atoms with Crippen LogP contribution in [0.15, 0.2) is 60.7 Å². The molecule has 0 bridgehead atoms. The normalized spacial score (nSPS) is 23.6. The smallest absolute Gasteiger partial charge is 0.328 e. The number of benzene rings is 2. The van der Waals surface area contributed by atoms with Gasteiger partial charge < -0.3 is 9.72 Å². The van der Waals surface area contributed by atoms with Crippen LogP contribution in [0, 0.1) is 0 Å². The number of imide groups is 1. The van der Waals surface area contributed by atoms with Gasteiger partial charge in [-0.2, -0.15) is 0 Å². The number of rotatable bonds is 7. The Kier molecular flexibility index (Phi) is 6.03. The highest BCUT2D eigenvalue weighted by Gasteiger charge is 2.60. The predicted molar refractivity (Wildman–Crippen MR) is 144 cm³/mol. The van der Waals surface area contributed by atoms with Crippen LogP contribution in [0.5, 0.6) is 5.75 Å². The molecular formula is C30H34N4O3. The summed E-state index contributed by atoms with van der Waals surface area (Å²) in [5.74, 6) is 0.710. The number of amides is 3. The SMILES string of the molecule is CCOc1ccc2[nH]c3c(c2c1)C[C@@]1(C)C(=O)N(CCCN2CC=CCC2)C(=O)N1[C@@H]3c1ccccc1. The number of fused-ring (bicyclic) bond motifs is 4. The van der Waals surface area contributed by atoms with E-state index >= 15 is 0 Å². The fourth-order valence-electron chi connectivity index (χ4n) is 6.27. The van der Waals surface area contributed by atoms with E-state index in [9.17, 15) is 9.59 Å². The van der Waals surface area contributed by atoms with Gasteiger partial charge in [-0.15, -0.1) is 0 Å². The maximum atomic E-state index is 14.0. The monoisotopic (exact) mass is 498 g/mol. The molecule has 7 nitrogen and oxygen atoms in total. The lowest BCUT2D eigenvalue weighted by Crippen LogP contribution is -2.53. The molecular weight excluding hydrogens is 464 g/mol. The Morgan fingerprint density at radius 3 is 2.68 bits per heavy atom. The molecule has 0 unspecified atom stereocenters. The van der Waals surface area contributed by atoms with Crippen molar-refractivity contribution < 1.29 is 14.3 Å². The summed E-state index contributed by atoms with van der Waals surface area (Å²) in [6, 6.07) is 15.5. The fraction of sp³-hybridized carbons (Fsp3) is 0.400. The summed E-state index contributed by atoms with van der Waals surface area (Å²) in [4.78, 5) is 37.2. The summed E-state index contributed by atoms with van der Waals surface area (Å²) in [5.41, 5.74) is 3.11. The predicted octanol–water partition coefficient (Wildman–Crippen LogP) is 4.89. The van der Waals surface area contributed by atoms with Gasteiger partial charge in [0, 0.05) is 49.2 Å². The van der Waals surface area contributed by atoms with Crippen LogP contribution in [0.3, 0.4) is 0 Å². The largest absolute Gasteiger partial charge is 0.494 e. The number of carbonyl (C=O) groups excluding carboxylic acids is 2. The number of hydrogen-bond donors (Lipinski definition) is 1. The van der Waals surface area contributed by atoms with E-state index in [1.54, 1.807) is 0 Å². The average Bonchev–Trinajstić information content (AvgIpc) is 3.36. The van der Waals surface area contributed by atoms with Gasteiger partial charge >= 0.3 is 6.03 Å². The van der Waals surface area contributed by atoms with Crippen LogP contribution >= 0.6 is 0 Å². The average molecular weight is 499 g/mol. The zero-order valence-corrected chi connectivity index (χ0v) is 21.6. The molecule has 2 atom stereocenters. The molecule has 7 heteroatoms. The van der Waals surface area contributed by atoms with Gasteiger partial charge in [0.25, 0.3) is 5.91 Å². The van der Waals surface area contributed by atoms with Gasteiger partial charge in [-0.1, -0.05) is 42.5 Å². The molecule has 3 amide bonds. The molecule has 0 radical (unpaired) electrons. The summed E-state index contributed by atoms with van der Waals surface area (Å²) in [5, 5.41) is 1.06. The Morgan fingerprint density at radius 1 is 1.08 bits per heavy atom. The van der Waals surface area contributed by atoms with Crippen LogP contribution in [0.1, 0.15) is 49.6 Å². The van der Waals surface area contributed by atoms with E-state index in [2.05, 4.69) is 28.1 Å². The molecule has 3 aliphatic rings. The first-order chi connectivity index (χ1) is 18.0. The van der Waals surface area contributed by atoms with E-state index in [4.69, 9.17) is 4.74 Å².